The summed E-state index contributed by atoms with van der Waals surface area (Å²) in [6, 6.07) is 31.5. The van der Waals surface area contributed by atoms with Gasteiger partial charge in [-0.15, -0.1) is 0 Å². The minimum Gasteiger partial charge on any atom is -0.380 e. The molecule has 0 spiro atoms. The first-order valence-electron chi connectivity index (χ1n) is 10.3. The van der Waals surface area contributed by atoms with Gasteiger partial charge in [-0.1, -0.05) is 91.0 Å². The molecule has 0 saturated heterocycles. The highest BCUT2D eigenvalue weighted by atomic mass is 19.1. The van der Waals surface area contributed by atoms with Crippen molar-refractivity contribution < 1.29 is 24.2 Å². The predicted molar refractivity (Wildman–Crippen MR) is 124 cm³/mol. The molecule has 0 aromatic heterocycles. The van der Waals surface area contributed by atoms with Gasteiger partial charge >= 0.3 is 0 Å². The number of rotatable bonds is 6. The highest BCUT2D eigenvalue weighted by Gasteiger charge is 2.19. The van der Waals surface area contributed by atoms with Crippen molar-refractivity contribution in [3.63, 3.8) is 0 Å². The molecule has 0 aliphatic rings. The van der Waals surface area contributed by atoms with Gasteiger partial charge in [-0.2, -0.15) is 0 Å². The molecule has 0 heterocycles. The van der Waals surface area contributed by atoms with Gasteiger partial charge in [0.1, 0.15) is 18.0 Å². The maximum absolute atomic E-state index is 12.7. The summed E-state index contributed by atoms with van der Waals surface area (Å²) in [7, 11) is 0. The standard InChI is InChI=1S/C14H11FO2.C14H12O2/c15-12-8-6-11(7-9-12)14(17)13(16)10-4-2-1-3-5-10;15-13(11-7-3-1-4-8-11)14(16)12-9-5-2-6-10-12/h1-9,13,16H;1-10,13,15H. The van der Waals surface area contributed by atoms with Crippen molar-refractivity contribution in [3.8, 4) is 0 Å². The Labute approximate surface area is 191 Å². The molecule has 2 atom stereocenters. The summed E-state index contributed by atoms with van der Waals surface area (Å²) in [5.41, 5.74) is 1.97. The van der Waals surface area contributed by atoms with E-state index in [9.17, 15) is 24.2 Å². The number of benzene rings is 4. The van der Waals surface area contributed by atoms with Gasteiger partial charge in [-0.05, 0) is 35.4 Å². The second-order valence-electron chi connectivity index (χ2n) is 7.23. The highest BCUT2D eigenvalue weighted by molar-refractivity contribution is 6.00. The van der Waals surface area contributed by atoms with E-state index in [2.05, 4.69) is 0 Å². The molecule has 4 nitrogen and oxygen atoms in total. The largest absolute Gasteiger partial charge is 0.380 e. The minimum absolute atomic E-state index is 0.271. The number of hydrogen-bond acceptors (Lipinski definition) is 4. The third-order valence-corrected chi connectivity index (χ3v) is 4.91. The minimum atomic E-state index is -1.21. The van der Waals surface area contributed by atoms with Gasteiger partial charge in [0.25, 0.3) is 0 Å². The zero-order valence-electron chi connectivity index (χ0n) is 17.7. The summed E-state index contributed by atoms with van der Waals surface area (Å²) in [5.74, 6) is -1.11. The monoisotopic (exact) mass is 442 g/mol. The van der Waals surface area contributed by atoms with Crippen molar-refractivity contribution >= 4 is 11.6 Å². The van der Waals surface area contributed by atoms with Crippen LogP contribution in [0.3, 0.4) is 0 Å². The van der Waals surface area contributed by atoms with Gasteiger partial charge < -0.3 is 10.2 Å². The molecule has 0 radical (unpaired) electrons. The summed E-state index contributed by atoms with van der Waals surface area (Å²) in [5, 5.41) is 19.8. The van der Waals surface area contributed by atoms with Crippen LogP contribution >= 0.6 is 0 Å². The van der Waals surface area contributed by atoms with Crippen LogP contribution in [0.1, 0.15) is 44.1 Å². The first kappa shape index (κ1) is 23.7. The van der Waals surface area contributed by atoms with E-state index in [-0.39, 0.29) is 5.78 Å². The highest BCUT2D eigenvalue weighted by Crippen LogP contribution is 2.19. The lowest BCUT2D eigenvalue weighted by atomic mass is 10.0. The molecule has 4 aromatic carbocycles. The van der Waals surface area contributed by atoms with E-state index in [1.165, 1.54) is 24.3 Å². The molecule has 2 N–H and O–H groups in total. The molecular weight excluding hydrogens is 419 g/mol. The second-order valence-corrected chi connectivity index (χ2v) is 7.23. The number of hydrogen-bond donors (Lipinski definition) is 2. The number of carbonyl (C=O) groups is 2. The number of aliphatic hydroxyl groups excluding tert-OH is 2. The topological polar surface area (TPSA) is 74.6 Å². The summed E-state index contributed by atoms with van der Waals surface area (Å²) < 4.78 is 12.7. The Morgan fingerprint density at radius 2 is 0.848 bits per heavy atom. The van der Waals surface area contributed by atoms with Crippen LogP contribution in [0.5, 0.6) is 0 Å². The van der Waals surface area contributed by atoms with Crippen LogP contribution < -0.4 is 0 Å². The van der Waals surface area contributed by atoms with Crippen LogP contribution in [0.4, 0.5) is 4.39 Å². The fourth-order valence-corrected chi connectivity index (χ4v) is 3.11. The van der Waals surface area contributed by atoms with Crippen LogP contribution in [0.25, 0.3) is 0 Å². The molecule has 4 rings (SSSR count). The Balaban J connectivity index is 0.000000186. The van der Waals surface area contributed by atoms with Gasteiger partial charge in [0.2, 0.25) is 0 Å². The maximum atomic E-state index is 12.7. The van der Waals surface area contributed by atoms with Crippen LogP contribution in [0.2, 0.25) is 0 Å². The number of aliphatic hydroxyl groups is 2. The third-order valence-electron chi connectivity index (χ3n) is 4.91. The quantitative estimate of drug-likeness (QED) is 0.395. The first-order valence-corrected chi connectivity index (χ1v) is 10.3. The van der Waals surface area contributed by atoms with Crippen molar-refractivity contribution in [2.24, 2.45) is 0 Å². The van der Waals surface area contributed by atoms with Gasteiger partial charge in [0.05, 0.1) is 0 Å². The second kappa shape index (κ2) is 11.6. The van der Waals surface area contributed by atoms with E-state index in [4.69, 9.17) is 0 Å². The summed E-state index contributed by atoms with van der Waals surface area (Å²) in [6.07, 6.45) is -2.29. The molecule has 0 amide bonds. The predicted octanol–water partition coefficient (Wildman–Crippen LogP) is 5.34. The van der Waals surface area contributed by atoms with Crippen molar-refractivity contribution in [2.45, 2.75) is 12.2 Å². The van der Waals surface area contributed by atoms with Crippen LogP contribution in [-0.2, 0) is 0 Å². The van der Waals surface area contributed by atoms with Crippen molar-refractivity contribution in [3.05, 3.63) is 143 Å². The van der Waals surface area contributed by atoms with E-state index < -0.39 is 23.8 Å². The molecule has 0 saturated carbocycles. The van der Waals surface area contributed by atoms with Gasteiger partial charge in [-0.25, -0.2) is 4.39 Å². The Kier molecular flexibility index (Phi) is 8.36. The van der Waals surface area contributed by atoms with Crippen molar-refractivity contribution in [1.29, 1.82) is 0 Å². The first-order chi connectivity index (χ1) is 16.0. The van der Waals surface area contributed by atoms with E-state index >= 15 is 0 Å². The Morgan fingerprint density at radius 1 is 0.515 bits per heavy atom. The fraction of sp³-hybridized carbons (Fsp3) is 0.0714. The SMILES string of the molecule is O=C(c1ccc(F)cc1)C(O)c1ccccc1.O=C(c1ccccc1)C(O)c1ccccc1. The molecule has 0 aliphatic carbocycles. The molecule has 2 unspecified atom stereocenters. The van der Waals surface area contributed by atoms with Gasteiger partial charge in [0, 0.05) is 11.1 Å². The van der Waals surface area contributed by atoms with Crippen molar-refractivity contribution in [1.82, 2.24) is 0 Å². The Hall–Kier alpha value is -3.93. The van der Waals surface area contributed by atoms with E-state index in [0.717, 1.165) is 0 Å². The van der Waals surface area contributed by atoms with Crippen LogP contribution in [-0.4, -0.2) is 21.8 Å². The zero-order chi connectivity index (χ0) is 23.6. The van der Waals surface area contributed by atoms with Crippen LogP contribution in [0.15, 0.2) is 115 Å². The summed E-state index contributed by atoms with van der Waals surface area (Å²) in [6.45, 7) is 0. The van der Waals surface area contributed by atoms with E-state index in [1.807, 2.05) is 12.1 Å². The Morgan fingerprint density at radius 3 is 1.24 bits per heavy atom. The fourth-order valence-electron chi connectivity index (χ4n) is 3.11. The lowest BCUT2D eigenvalue weighted by Crippen LogP contribution is -2.12. The van der Waals surface area contributed by atoms with Crippen LogP contribution in [0, 0.1) is 5.82 Å². The number of Topliss-reactive ketones (excluding diaryl/α,β-unsaturated/α-hetero) is 2. The smallest absolute Gasteiger partial charge is 0.195 e. The van der Waals surface area contributed by atoms with E-state index in [1.54, 1.807) is 78.9 Å². The number of carbonyl (C=O) groups excluding carboxylic acids is 2. The molecule has 166 valence electrons. The molecule has 33 heavy (non-hydrogen) atoms. The summed E-state index contributed by atoms with van der Waals surface area (Å²) in [4.78, 5) is 23.8. The number of halogens is 1. The molecule has 4 aromatic rings. The average molecular weight is 442 g/mol. The van der Waals surface area contributed by atoms with Crippen molar-refractivity contribution in [2.75, 3.05) is 0 Å². The third kappa shape index (κ3) is 6.53. The van der Waals surface area contributed by atoms with Gasteiger partial charge in [-0.3, -0.25) is 9.59 Å². The maximum Gasteiger partial charge on any atom is 0.195 e. The molecule has 0 bridgehead atoms. The molecular formula is C28H23FO4. The Bertz CT molecular complexity index is 1160. The zero-order valence-corrected chi connectivity index (χ0v) is 17.7. The average Bonchev–Trinajstić information content (AvgIpc) is 2.89. The lowest BCUT2D eigenvalue weighted by Gasteiger charge is -2.09. The molecule has 5 heteroatoms. The van der Waals surface area contributed by atoms with E-state index in [0.29, 0.717) is 22.3 Å². The normalized spacial score (nSPS) is 12.1. The number of ketones is 2. The van der Waals surface area contributed by atoms with Gasteiger partial charge in [0.15, 0.2) is 11.6 Å². The molecule has 0 aliphatic heterocycles. The summed E-state index contributed by atoms with van der Waals surface area (Å²) >= 11 is 0. The lowest BCUT2D eigenvalue weighted by molar-refractivity contribution is 0.0743. The molecule has 0 fully saturated rings.